The zero-order valence-corrected chi connectivity index (χ0v) is 30.6. The molecule has 0 bridgehead atoms. The molecule has 3 aromatic carbocycles. The summed E-state index contributed by atoms with van der Waals surface area (Å²) < 4.78 is 2.42. The number of fused-ring (bicyclic) bond motifs is 6. The fourth-order valence-corrected chi connectivity index (χ4v) is 6.25. The Hall–Kier alpha value is -1.38. The van der Waals surface area contributed by atoms with Gasteiger partial charge in [0.05, 0.1) is 11.3 Å². The quantitative estimate of drug-likeness (QED) is 0.108. The molecular formula is C36H44IrN2Y-2. The van der Waals surface area contributed by atoms with Crippen molar-refractivity contribution >= 4 is 27.3 Å². The normalized spacial score (nSPS) is 11.2. The number of aryl methyl sites for hydroxylation is 2. The van der Waals surface area contributed by atoms with Gasteiger partial charge in [0.1, 0.15) is 0 Å². The van der Waals surface area contributed by atoms with Gasteiger partial charge in [-0.3, -0.25) is 4.98 Å². The Labute approximate surface area is 281 Å². The van der Waals surface area contributed by atoms with Crippen molar-refractivity contribution in [2.45, 2.75) is 80.1 Å². The van der Waals surface area contributed by atoms with Gasteiger partial charge in [0.2, 0.25) is 0 Å². The fraction of sp³-hybridized carbons (Fsp3) is 0.389. The van der Waals surface area contributed by atoms with Crippen molar-refractivity contribution in [3.05, 3.63) is 90.5 Å². The molecule has 0 fully saturated rings. The third-order valence-corrected chi connectivity index (χ3v) is 8.75. The number of pyridine rings is 1. The molecule has 0 unspecified atom stereocenters. The molecule has 2 radical (unpaired) electrons. The van der Waals surface area contributed by atoms with E-state index >= 15 is 0 Å². The molecule has 0 saturated heterocycles. The van der Waals surface area contributed by atoms with E-state index in [4.69, 9.17) is 4.98 Å². The second-order valence-corrected chi connectivity index (χ2v) is 10.9. The first kappa shape index (κ1) is 34.8. The first-order chi connectivity index (χ1) is 18.0. The first-order valence-electron chi connectivity index (χ1n) is 14.3. The van der Waals surface area contributed by atoms with Gasteiger partial charge in [-0.25, -0.2) is 0 Å². The van der Waals surface area contributed by atoms with Crippen molar-refractivity contribution in [2.24, 2.45) is 11.8 Å². The summed E-state index contributed by atoms with van der Waals surface area (Å²) in [6.45, 7) is 13.8. The van der Waals surface area contributed by atoms with Crippen molar-refractivity contribution in [3.63, 3.8) is 0 Å². The van der Waals surface area contributed by atoms with Gasteiger partial charge in [0.25, 0.3) is 0 Å². The molecule has 5 rings (SSSR count). The van der Waals surface area contributed by atoms with Gasteiger partial charge in [-0.1, -0.05) is 83.0 Å². The number of hydrogen-bond donors (Lipinski definition) is 0. The summed E-state index contributed by atoms with van der Waals surface area (Å²) in [5.41, 5.74) is 10.4. The molecule has 2 aromatic heterocycles. The molecular weight excluding hydrogens is 742 g/mol. The summed E-state index contributed by atoms with van der Waals surface area (Å²) in [7, 11) is 0. The van der Waals surface area contributed by atoms with Crippen molar-refractivity contribution < 1.29 is 52.8 Å². The van der Waals surface area contributed by atoms with Crippen LogP contribution in [0, 0.1) is 39.2 Å². The van der Waals surface area contributed by atoms with Gasteiger partial charge in [-0.15, -0.1) is 29.7 Å². The zero-order chi connectivity index (χ0) is 26.1. The van der Waals surface area contributed by atoms with Crippen LogP contribution in [0.25, 0.3) is 38.6 Å². The third-order valence-electron chi connectivity index (χ3n) is 8.75. The van der Waals surface area contributed by atoms with E-state index < -0.39 is 0 Å². The minimum atomic E-state index is 0. The van der Waals surface area contributed by atoms with Gasteiger partial charge < -0.3 is 11.8 Å². The van der Waals surface area contributed by atoms with Crippen LogP contribution in [0.15, 0.2) is 54.7 Å². The van der Waals surface area contributed by atoms with Crippen LogP contribution in [0.1, 0.15) is 75.6 Å². The minimum absolute atomic E-state index is 0. The third kappa shape index (κ3) is 6.49. The number of aromatic nitrogens is 2. The van der Waals surface area contributed by atoms with Crippen LogP contribution in [0.2, 0.25) is 0 Å². The average molecular weight is 786 g/mol. The Morgan fingerprint density at radius 3 is 1.95 bits per heavy atom. The molecule has 0 aliphatic heterocycles. The Balaban J connectivity index is 0.00000187. The molecule has 0 N–H and O–H groups in total. The van der Waals surface area contributed by atoms with Crippen LogP contribution in [0.4, 0.5) is 0 Å². The molecule has 0 aliphatic carbocycles. The number of nitrogens with zero attached hydrogens (tertiary/aromatic N) is 2. The Morgan fingerprint density at radius 1 is 0.800 bits per heavy atom. The maximum absolute atomic E-state index is 5.01. The van der Waals surface area contributed by atoms with Crippen LogP contribution in [0.3, 0.4) is 0 Å². The van der Waals surface area contributed by atoms with Crippen molar-refractivity contribution in [1.82, 2.24) is 9.38 Å². The first-order valence-corrected chi connectivity index (χ1v) is 14.3. The number of imidazole rings is 1. The summed E-state index contributed by atoms with van der Waals surface area (Å²) in [5.74, 6) is 1.43. The molecule has 0 spiro atoms. The summed E-state index contributed by atoms with van der Waals surface area (Å²) in [4.78, 5) is 5.01. The predicted octanol–water partition coefficient (Wildman–Crippen LogP) is 10.1. The second-order valence-electron chi connectivity index (χ2n) is 10.9. The van der Waals surface area contributed by atoms with E-state index in [0.29, 0.717) is 5.92 Å². The molecule has 2 heterocycles. The summed E-state index contributed by atoms with van der Waals surface area (Å²) >= 11 is 0. The molecule has 212 valence electrons. The topological polar surface area (TPSA) is 17.3 Å². The molecule has 5 aromatic rings. The maximum Gasteiger partial charge on any atom is 0.0639 e. The van der Waals surface area contributed by atoms with Gasteiger partial charge in [0.15, 0.2) is 0 Å². The van der Waals surface area contributed by atoms with E-state index in [0.717, 1.165) is 29.8 Å². The Morgan fingerprint density at radius 2 is 1.38 bits per heavy atom. The van der Waals surface area contributed by atoms with Crippen LogP contribution < -0.4 is 0 Å². The SMILES string of the molecule is CCC(CC)Cc1cc2c3ccc[c-]c3c3ncc(-c4c(C)cccc4C)n3c2cc1CC(CC)CC.[CH3-].[Ir].[Y]. The fourth-order valence-electron chi connectivity index (χ4n) is 6.25. The van der Waals surface area contributed by atoms with E-state index in [-0.39, 0.29) is 60.2 Å². The van der Waals surface area contributed by atoms with Crippen molar-refractivity contribution in [3.8, 4) is 11.3 Å². The van der Waals surface area contributed by atoms with Gasteiger partial charge in [0, 0.05) is 70.1 Å². The number of benzene rings is 3. The van der Waals surface area contributed by atoms with Crippen molar-refractivity contribution in [1.29, 1.82) is 0 Å². The number of hydrogen-bond acceptors (Lipinski definition) is 1. The molecule has 4 heteroatoms. The average Bonchev–Trinajstić information content (AvgIpc) is 3.35. The molecule has 40 heavy (non-hydrogen) atoms. The van der Waals surface area contributed by atoms with Crippen molar-refractivity contribution in [2.75, 3.05) is 0 Å². The summed E-state index contributed by atoms with van der Waals surface area (Å²) in [5, 5.41) is 3.68. The molecule has 0 saturated carbocycles. The largest absolute Gasteiger partial charge is 0.358 e. The van der Waals surface area contributed by atoms with Gasteiger partial charge >= 0.3 is 0 Å². The van der Waals surface area contributed by atoms with Gasteiger partial charge in [-0.05, 0) is 72.2 Å². The van der Waals surface area contributed by atoms with E-state index in [1.54, 1.807) is 0 Å². The van der Waals surface area contributed by atoms with E-state index in [1.807, 2.05) is 6.07 Å². The van der Waals surface area contributed by atoms with E-state index in [1.165, 1.54) is 75.5 Å². The monoisotopic (exact) mass is 786 g/mol. The van der Waals surface area contributed by atoms with Crippen LogP contribution >= 0.6 is 0 Å². The van der Waals surface area contributed by atoms with Crippen LogP contribution in [-0.2, 0) is 65.7 Å². The maximum atomic E-state index is 5.01. The molecule has 0 amide bonds. The molecule has 2 nitrogen and oxygen atoms in total. The standard InChI is InChI=1S/C35H41N2.CH3.Ir.Y/c1-7-25(8-2)18-27-20-31-29-16-11-12-17-30(29)35-36-22-33(34-23(5)14-13-15-24(34)6)37(35)32(31)21-28(27)19-26(9-3)10-4;;;/h11-16,20-22,25-26H,7-10,18-19H2,1-6H3;1H3;;/q2*-1;;. The van der Waals surface area contributed by atoms with Gasteiger partial charge in [-0.2, -0.15) is 0 Å². The number of rotatable bonds is 9. The second kappa shape index (κ2) is 15.2. The summed E-state index contributed by atoms with van der Waals surface area (Å²) in [6.07, 6.45) is 9.27. The molecule has 0 atom stereocenters. The zero-order valence-electron chi connectivity index (χ0n) is 25.4. The Kier molecular flexibility index (Phi) is 13.2. The van der Waals surface area contributed by atoms with E-state index in [9.17, 15) is 0 Å². The predicted molar refractivity (Wildman–Crippen MR) is 166 cm³/mol. The van der Waals surface area contributed by atoms with E-state index in [2.05, 4.69) is 101 Å². The van der Waals surface area contributed by atoms with Crippen LogP contribution in [-0.4, -0.2) is 9.38 Å². The summed E-state index contributed by atoms with van der Waals surface area (Å²) in [6, 6.07) is 21.6. The Bertz CT molecular complexity index is 1540. The minimum Gasteiger partial charge on any atom is -0.358 e. The smallest absolute Gasteiger partial charge is 0.0639 e. The van der Waals surface area contributed by atoms with Crippen LogP contribution in [0.5, 0.6) is 0 Å². The molecule has 0 aliphatic rings.